The molecule has 1 aliphatic carbocycles. The molecule has 3 rings (SSSR count). The fourth-order valence-corrected chi connectivity index (χ4v) is 4.23. The van der Waals surface area contributed by atoms with Crippen molar-refractivity contribution >= 4 is 29.9 Å². The highest BCUT2D eigenvalue weighted by atomic mass is 127. The lowest BCUT2D eigenvalue weighted by molar-refractivity contribution is 0.0277. The van der Waals surface area contributed by atoms with E-state index in [1.165, 1.54) is 50.5 Å². The van der Waals surface area contributed by atoms with E-state index in [1.54, 1.807) is 0 Å². The Labute approximate surface area is 194 Å². The first kappa shape index (κ1) is 24.4. The van der Waals surface area contributed by atoms with Gasteiger partial charge in [0, 0.05) is 45.9 Å². The summed E-state index contributed by atoms with van der Waals surface area (Å²) in [6.45, 7) is 5.10. The van der Waals surface area contributed by atoms with E-state index in [-0.39, 0.29) is 24.0 Å². The largest absolute Gasteiger partial charge is 0.378 e. The van der Waals surface area contributed by atoms with Crippen LogP contribution in [0.25, 0.3) is 0 Å². The zero-order chi connectivity index (χ0) is 19.4. The lowest BCUT2D eigenvalue weighted by atomic mass is 9.98. The number of hydrogen-bond donors (Lipinski definition) is 2. The molecule has 1 saturated heterocycles. The van der Waals surface area contributed by atoms with Crippen LogP contribution < -0.4 is 10.6 Å². The monoisotopic (exact) mass is 514 g/mol. The highest BCUT2D eigenvalue weighted by Crippen LogP contribution is 2.20. The van der Waals surface area contributed by atoms with E-state index in [4.69, 9.17) is 4.74 Å². The fourth-order valence-electron chi connectivity index (χ4n) is 4.23. The van der Waals surface area contributed by atoms with Gasteiger partial charge in [-0.25, -0.2) is 0 Å². The number of nitrogens with zero attached hydrogens (tertiary/aromatic N) is 2. The Morgan fingerprint density at radius 1 is 1.07 bits per heavy atom. The molecule has 0 radical (unpaired) electrons. The van der Waals surface area contributed by atoms with Crippen molar-refractivity contribution in [2.45, 2.75) is 70.1 Å². The molecule has 2 aliphatic rings. The van der Waals surface area contributed by atoms with Gasteiger partial charge in [0.2, 0.25) is 0 Å². The average molecular weight is 514 g/mol. The predicted molar refractivity (Wildman–Crippen MR) is 132 cm³/mol. The summed E-state index contributed by atoms with van der Waals surface area (Å²) in [5, 5.41) is 7.05. The van der Waals surface area contributed by atoms with Crippen molar-refractivity contribution in [3.8, 4) is 0 Å². The van der Waals surface area contributed by atoms with Gasteiger partial charge in [0.25, 0.3) is 0 Å². The maximum absolute atomic E-state index is 6.00. The van der Waals surface area contributed by atoms with E-state index >= 15 is 0 Å². The predicted octanol–water partition coefficient (Wildman–Crippen LogP) is 4.17. The van der Waals surface area contributed by atoms with Crippen molar-refractivity contribution in [2.24, 2.45) is 4.99 Å². The van der Waals surface area contributed by atoms with Crippen LogP contribution in [0.1, 0.15) is 56.9 Å². The summed E-state index contributed by atoms with van der Waals surface area (Å²) in [7, 11) is 1.86. The molecule has 0 bridgehead atoms. The summed E-state index contributed by atoms with van der Waals surface area (Å²) in [5.74, 6) is 0.930. The second-order valence-electron chi connectivity index (χ2n) is 8.16. The molecule has 164 valence electrons. The van der Waals surface area contributed by atoms with Crippen LogP contribution in [0.5, 0.6) is 0 Å². The van der Waals surface area contributed by atoms with Crippen molar-refractivity contribution in [2.75, 3.05) is 33.3 Å². The van der Waals surface area contributed by atoms with Gasteiger partial charge in [-0.15, -0.1) is 24.0 Å². The topological polar surface area (TPSA) is 48.9 Å². The molecule has 0 unspecified atom stereocenters. The Kier molecular flexibility index (Phi) is 12.0. The maximum Gasteiger partial charge on any atom is 0.191 e. The van der Waals surface area contributed by atoms with Crippen molar-refractivity contribution in [3.63, 3.8) is 0 Å². The summed E-state index contributed by atoms with van der Waals surface area (Å²) >= 11 is 0. The van der Waals surface area contributed by atoms with Gasteiger partial charge in [-0.1, -0.05) is 49.6 Å². The van der Waals surface area contributed by atoms with Crippen molar-refractivity contribution in [1.82, 2.24) is 15.5 Å². The lowest BCUT2D eigenvalue weighted by Gasteiger charge is -2.33. The van der Waals surface area contributed by atoms with Gasteiger partial charge in [-0.05, 0) is 37.7 Å². The Balaban J connectivity index is 0.00000300. The smallest absolute Gasteiger partial charge is 0.191 e. The van der Waals surface area contributed by atoms with Gasteiger partial charge in [0.1, 0.15) is 0 Å². The van der Waals surface area contributed by atoms with E-state index in [2.05, 4.69) is 50.9 Å². The van der Waals surface area contributed by atoms with Gasteiger partial charge in [-0.2, -0.15) is 0 Å². The number of rotatable bonds is 8. The van der Waals surface area contributed by atoms with E-state index < -0.39 is 0 Å². The number of ether oxygens (including phenoxy) is 1. The average Bonchev–Trinajstić information content (AvgIpc) is 2.75. The van der Waals surface area contributed by atoms with E-state index in [1.807, 2.05) is 7.05 Å². The number of likely N-dealkylation sites (tertiary alicyclic amines) is 1. The SMILES string of the molecule is CN=C(NCCCOC1CCCCC1)NC1CCN(Cc2ccccc2)CC1.I. The molecule has 29 heavy (non-hydrogen) atoms. The number of halogens is 1. The minimum atomic E-state index is 0. The minimum absolute atomic E-state index is 0. The first-order chi connectivity index (χ1) is 13.8. The number of hydrogen-bond acceptors (Lipinski definition) is 3. The first-order valence-electron chi connectivity index (χ1n) is 11.2. The third kappa shape index (κ3) is 9.22. The van der Waals surface area contributed by atoms with Crippen LogP contribution in [0.2, 0.25) is 0 Å². The van der Waals surface area contributed by atoms with Gasteiger partial charge >= 0.3 is 0 Å². The molecule has 2 fully saturated rings. The van der Waals surface area contributed by atoms with Crippen LogP contribution in [-0.2, 0) is 11.3 Å². The number of nitrogens with one attached hydrogen (secondary N) is 2. The van der Waals surface area contributed by atoms with Crippen molar-refractivity contribution < 1.29 is 4.74 Å². The van der Waals surface area contributed by atoms with Crippen LogP contribution in [0.3, 0.4) is 0 Å². The summed E-state index contributed by atoms with van der Waals surface area (Å²) < 4.78 is 6.00. The molecule has 0 amide bonds. The number of piperidine rings is 1. The quantitative estimate of drug-likeness (QED) is 0.237. The van der Waals surface area contributed by atoms with Crippen LogP contribution in [0.15, 0.2) is 35.3 Å². The van der Waals surface area contributed by atoms with Crippen LogP contribution in [0.4, 0.5) is 0 Å². The Morgan fingerprint density at radius 2 is 1.79 bits per heavy atom. The van der Waals surface area contributed by atoms with E-state index in [0.717, 1.165) is 45.2 Å². The third-order valence-electron chi connectivity index (χ3n) is 5.92. The Morgan fingerprint density at radius 3 is 2.48 bits per heavy atom. The van der Waals surface area contributed by atoms with Crippen LogP contribution in [-0.4, -0.2) is 56.3 Å². The maximum atomic E-state index is 6.00. The zero-order valence-electron chi connectivity index (χ0n) is 17.9. The molecular formula is C23H39IN4O. The molecule has 1 saturated carbocycles. The summed E-state index contributed by atoms with van der Waals surface area (Å²) in [6.07, 6.45) is 10.4. The molecular weight excluding hydrogens is 475 g/mol. The molecule has 1 aromatic rings. The normalized spacial score (nSPS) is 19.6. The van der Waals surface area contributed by atoms with Gasteiger partial charge in [0.05, 0.1) is 6.10 Å². The Hall–Kier alpha value is -0.860. The minimum Gasteiger partial charge on any atom is -0.378 e. The highest BCUT2D eigenvalue weighted by Gasteiger charge is 2.20. The molecule has 5 nitrogen and oxygen atoms in total. The second-order valence-corrected chi connectivity index (χ2v) is 8.16. The highest BCUT2D eigenvalue weighted by molar-refractivity contribution is 14.0. The molecule has 2 N–H and O–H groups in total. The molecule has 0 spiro atoms. The van der Waals surface area contributed by atoms with E-state index in [0.29, 0.717) is 12.1 Å². The summed E-state index contributed by atoms with van der Waals surface area (Å²) in [4.78, 5) is 6.94. The Bertz CT molecular complexity index is 570. The summed E-state index contributed by atoms with van der Waals surface area (Å²) in [6, 6.07) is 11.3. The number of aliphatic imine (C=N–C) groups is 1. The van der Waals surface area contributed by atoms with Crippen LogP contribution >= 0.6 is 24.0 Å². The molecule has 6 heteroatoms. The van der Waals surface area contributed by atoms with E-state index in [9.17, 15) is 0 Å². The number of guanidine groups is 1. The number of benzene rings is 1. The molecule has 0 atom stereocenters. The standard InChI is InChI=1S/C23H38N4O.HI/c1-24-23(25-15-8-18-28-22-11-6-3-7-12-22)26-21-13-16-27(17-14-21)19-20-9-4-2-5-10-20;/h2,4-5,9-10,21-22H,3,6-8,11-19H2,1H3,(H2,24,25,26);1H. The molecule has 1 aromatic carbocycles. The fraction of sp³-hybridized carbons (Fsp3) is 0.696. The summed E-state index contributed by atoms with van der Waals surface area (Å²) in [5.41, 5.74) is 1.40. The van der Waals surface area contributed by atoms with Crippen molar-refractivity contribution in [3.05, 3.63) is 35.9 Å². The van der Waals surface area contributed by atoms with Gasteiger partial charge < -0.3 is 15.4 Å². The van der Waals surface area contributed by atoms with Crippen LogP contribution in [0, 0.1) is 0 Å². The molecule has 0 aromatic heterocycles. The molecule has 1 heterocycles. The lowest BCUT2D eigenvalue weighted by Crippen LogP contribution is -2.48. The third-order valence-corrected chi connectivity index (χ3v) is 5.92. The molecule has 1 aliphatic heterocycles. The second kappa shape index (κ2) is 14.2. The zero-order valence-corrected chi connectivity index (χ0v) is 20.3. The van der Waals surface area contributed by atoms with Gasteiger partial charge in [0.15, 0.2) is 5.96 Å². The van der Waals surface area contributed by atoms with Gasteiger partial charge in [-0.3, -0.25) is 9.89 Å². The van der Waals surface area contributed by atoms with Crippen molar-refractivity contribution in [1.29, 1.82) is 0 Å². The first-order valence-corrected chi connectivity index (χ1v) is 11.2.